The Labute approximate surface area is 206 Å². The van der Waals surface area contributed by atoms with E-state index in [0.717, 1.165) is 12.8 Å². The minimum Gasteiger partial charge on any atom is -0.481 e. The van der Waals surface area contributed by atoms with Crippen molar-refractivity contribution in [3.05, 3.63) is 0 Å². The molecule has 2 nitrogen and oxygen atoms in total. The summed E-state index contributed by atoms with van der Waals surface area (Å²) in [4.78, 5) is 10.4. The normalized spacial score (nSPS) is 10.9. The van der Waals surface area contributed by atoms with Crippen LogP contribution < -0.4 is 0 Å². The second-order valence-corrected chi connectivity index (χ2v) is 9.63. The molecule has 0 atom stereocenters. The van der Waals surface area contributed by atoms with Crippen LogP contribution in [0.3, 0.4) is 0 Å². The first-order valence-electron chi connectivity index (χ1n) is 14.0. The molecule has 0 aliphatic rings. The van der Waals surface area contributed by atoms with E-state index in [-0.39, 0.29) is 17.1 Å². The Morgan fingerprint density at radius 2 is 0.613 bits per heavy atom. The number of unbranched alkanes of at least 4 members (excludes halogenated alkanes) is 24. The third-order valence-corrected chi connectivity index (χ3v) is 6.49. The van der Waals surface area contributed by atoms with Gasteiger partial charge in [-0.1, -0.05) is 161 Å². The molecule has 1 N–H and O–H groups in total. The molecule has 0 aromatic carbocycles. The van der Waals surface area contributed by atoms with Gasteiger partial charge in [0.15, 0.2) is 0 Å². The Kier molecular flexibility index (Phi) is 32.1. The van der Waals surface area contributed by atoms with Gasteiger partial charge in [0, 0.05) is 23.5 Å². The zero-order valence-electron chi connectivity index (χ0n) is 21.0. The van der Waals surface area contributed by atoms with Crippen LogP contribution in [-0.4, -0.2) is 11.1 Å². The Balaban J connectivity index is 0. The first-order chi connectivity index (χ1) is 14.8. The summed E-state index contributed by atoms with van der Waals surface area (Å²) >= 11 is 0. The Hall–Kier alpha value is -0.0105. The van der Waals surface area contributed by atoms with Crippen LogP contribution in [-0.2, 0) is 21.9 Å². The summed E-state index contributed by atoms with van der Waals surface area (Å²) in [6, 6.07) is 0. The van der Waals surface area contributed by atoms with Crippen LogP contribution in [0.1, 0.15) is 174 Å². The molecule has 0 spiro atoms. The zero-order chi connectivity index (χ0) is 22.0. The van der Waals surface area contributed by atoms with Crippen LogP contribution in [0.25, 0.3) is 0 Å². The molecule has 0 aromatic rings. The van der Waals surface area contributed by atoms with Gasteiger partial charge in [-0.15, -0.1) is 0 Å². The molecule has 31 heavy (non-hydrogen) atoms. The third kappa shape index (κ3) is 32.3. The number of carboxylic acids is 1. The molecule has 0 unspecified atom stereocenters. The van der Waals surface area contributed by atoms with Crippen molar-refractivity contribution >= 4 is 5.97 Å². The first kappa shape index (κ1) is 33.2. The van der Waals surface area contributed by atoms with Gasteiger partial charge in [-0.3, -0.25) is 4.79 Å². The monoisotopic (exact) mass is 487 g/mol. The van der Waals surface area contributed by atoms with Gasteiger partial charge in [-0.2, -0.15) is 0 Å². The first-order valence-corrected chi connectivity index (χ1v) is 14.0. The van der Waals surface area contributed by atoms with Gasteiger partial charge >= 0.3 is 5.97 Å². The van der Waals surface area contributed by atoms with E-state index in [2.05, 4.69) is 6.92 Å². The van der Waals surface area contributed by atoms with Crippen molar-refractivity contribution < 1.29 is 27.0 Å². The molecular formula is C28H56CuO2. The van der Waals surface area contributed by atoms with Gasteiger partial charge < -0.3 is 5.11 Å². The van der Waals surface area contributed by atoms with E-state index in [9.17, 15) is 4.79 Å². The number of carbonyl (C=O) groups is 1. The van der Waals surface area contributed by atoms with Crippen molar-refractivity contribution in [1.29, 1.82) is 0 Å². The SMILES string of the molecule is CCCCCCCCCCCCCCCCCCCCCCCCCCCC(=O)O.[Cu]. The van der Waals surface area contributed by atoms with Crippen molar-refractivity contribution in [2.24, 2.45) is 0 Å². The topological polar surface area (TPSA) is 37.3 Å². The largest absolute Gasteiger partial charge is 0.481 e. The molecule has 0 saturated carbocycles. The third-order valence-electron chi connectivity index (χ3n) is 6.49. The molecule has 0 fully saturated rings. The predicted octanol–water partition coefficient (Wildman–Crippen LogP) is 10.2. The van der Waals surface area contributed by atoms with E-state index < -0.39 is 5.97 Å². The molecule has 0 amide bonds. The maximum Gasteiger partial charge on any atom is 0.303 e. The second kappa shape index (κ2) is 30.0. The van der Waals surface area contributed by atoms with E-state index in [1.165, 1.54) is 148 Å². The summed E-state index contributed by atoms with van der Waals surface area (Å²) < 4.78 is 0. The summed E-state index contributed by atoms with van der Waals surface area (Å²) in [7, 11) is 0. The van der Waals surface area contributed by atoms with Crippen molar-refractivity contribution in [3.63, 3.8) is 0 Å². The maximum atomic E-state index is 10.4. The van der Waals surface area contributed by atoms with E-state index >= 15 is 0 Å². The smallest absolute Gasteiger partial charge is 0.303 e. The number of hydrogen-bond donors (Lipinski definition) is 1. The minimum atomic E-state index is -0.649. The number of hydrogen-bond acceptors (Lipinski definition) is 1. The fraction of sp³-hybridized carbons (Fsp3) is 0.964. The summed E-state index contributed by atoms with van der Waals surface area (Å²) in [6.45, 7) is 2.29. The molecule has 3 heteroatoms. The molecule has 191 valence electrons. The average molecular weight is 488 g/mol. The van der Waals surface area contributed by atoms with E-state index in [0.29, 0.717) is 6.42 Å². The fourth-order valence-corrected chi connectivity index (χ4v) is 4.42. The van der Waals surface area contributed by atoms with Crippen molar-refractivity contribution in [3.8, 4) is 0 Å². The van der Waals surface area contributed by atoms with Gasteiger partial charge in [0.1, 0.15) is 0 Å². The number of carboxylic acid groups (broad SMARTS) is 1. The minimum absolute atomic E-state index is 0. The molecule has 0 bridgehead atoms. The Bertz CT molecular complexity index is 333. The van der Waals surface area contributed by atoms with Gasteiger partial charge in [0.05, 0.1) is 0 Å². The summed E-state index contributed by atoms with van der Waals surface area (Å²) in [5.41, 5.74) is 0. The quantitative estimate of drug-likeness (QED) is 0.0972. The summed E-state index contributed by atoms with van der Waals surface area (Å²) in [5, 5.41) is 8.60. The van der Waals surface area contributed by atoms with Crippen LogP contribution in [0.2, 0.25) is 0 Å². The van der Waals surface area contributed by atoms with E-state index in [4.69, 9.17) is 5.11 Å². The fourth-order valence-electron chi connectivity index (χ4n) is 4.42. The molecule has 0 aliphatic heterocycles. The zero-order valence-corrected chi connectivity index (χ0v) is 22.0. The second-order valence-electron chi connectivity index (χ2n) is 9.63. The Morgan fingerprint density at radius 3 is 0.806 bits per heavy atom. The number of aliphatic carboxylic acids is 1. The predicted molar refractivity (Wildman–Crippen MR) is 133 cm³/mol. The van der Waals surface area contributed by atoms with E-state index in [1.54, 1.807) is 0 Å². The maximum absolute atomic E-state index is 10.4. The van der Waals surface area contributed by atoms with Gasteiger partial charge in [-0.05, 0) is 6.42 Å². The van der Waals surface area contributed by atoms with Crippen LogP contribution in [0, 0.1) is 0 Å². The molecule has 0 saturated heterocycles. The van der Waals surface area contributed by atoms with Crippen LogP contribution >= 0.6 is 0 Å². The Morgan fingerprint density at radius 1 is 0.419 bits per heavy atom. The van der Waals surface area contributed by atoms with Crippen molar-refractivity contribution in [2.75, 3.05) is 0 Å². The molecule has 0 aromatic heterocycles. The van der Waals surface area contributed by atoms with Crippen LogP contribution in [0.15, 0.2) is 0 Å². The molecule has 0 heterocycles. The number of rotatable bonds is 26. The standard InChI is InChI=1S/C28H56O2.Cu/c1-2-3-4-5-6-7-8-9-10-11-12-13-14-15-16-17-18-19-20-21-22-23-24-25-26-27-28(29)30;/h2-27H2,1H3,(H,29,30);. The molecule has 1 radical (unpaired) electrons. The molecule has 0 rings (SSSR count). The summed E-state index contributed by atoms with van der Waals surface area (Å²) in [5.74, 6) is -0.649. The van der Waals surface area contributed by atoms with E-state index in [1.807, 2.05) is 0 Å². The molecule has 0 aliphatic carbocycles. The van der Waals surface area contributed by atoms with Crippen molar-refractivity contribution in [1.82, 2.24) is 0 Å². The molecular weight excluding hydrogens is 432 g/mol. The van der Waals surface area contributed by atoms with Crippen LogP contribution in [0.4, 0.5) is 0 Å². The van der Waals surface area contributed by atoms with Gasteiger partial charge in [0.25, 0.3) is 0 Å². The summed E-state index contributed by atoms with van der Waals surface area (Å²) in [6.07, 6.45) is 35.0. The van der Waals surface area contributed by atoms with Crippen molar-refractivity contribution in [2.45, 2.75) is 174 Å². The van der Waals surface area contributed by atoms with Gasteiger partial charge in [0.2, 0.25) is 0 Å². The van der Waals surface area contributed by atoms with Crippen LogP contribution in [0.5, 0.6) is 0 Å². The average Bonchev–Trinajstić information content (AvgIpc) is 2.73. The van der Waals surface area contributed by atoms with Gasteiger partial charge in [-0.25, -0.2) is 0 Å².